The highest BCUT2D eigenvalue weighted by molar-refractivity contribution is 9.10. The van der Waals surface area contributed by atoms with E-state index in [-0.39, 0.29) is 21.6 Å². The van der Waals surface area contributed by atoms with Gasteiger partial charge in [0.2, 0.25) is 0 Å². The number of ether oxygens (including phenoxy) is 1. The van der Waals surface area contributed by atoms with Crippen LogP contribution in [0, 0.1) is 0 Å². The van der Waals surface area contributed by atoms with Crippen molar-refractivity contribution < 1.29 is 19.4 Å². The summed E-state index contributed by atoms with van der Waals surface area (Å²) in [5.74, 6) is -1.04. The van der Waals surface area contributed by atoms with Gasteiger partial charge in [0.15, 0.2) is 12.4 Å². The molecule has 0 fully saturated rings. The van der Waals surface area contributed by atoms with Gasteiger partial charge in [-0.25, -0.2) is 4.79 Å². The van der Waals surface area contributed by atoms with Crippen LogP contribution >= 0.6 is 39.1 Å². The van der Waals surface area contributed by atoms with Crippen LogP contribution in [0.2, 0.25) is 10.0 Å². The Bertz CT molecular complexity index is 603. The van der Waals surface area contributed by atoms with E-state index < -0.39 is 16.9 Å². The first-order valence-electron chi connectivity index (χ1n) is 5.89. The first kappa shape index (κ1) is 15.6. The van der Waals surface area contributed by atoms with E-state index in [0.29, 0.717) is 24.0 Å². The SMILES string of the molecule is CCC1(Br)Cc2cc(OCC(=O)O)c(Cl)c(Cl)c2C1=O. The van der Waals surface area contributed by atoms with Crippen molar-refractivity contribution in [2.24, 2.45) is 0 Å². The first-order valence-corrected chi connectivity index (χ1v) is 7.44. The third kappa shape index (κ3) is 2.54. The number of benzene rings is 1. The Balaban J connectivity index is 2.46. The maximum atomic E-state index is 12.4. The number of carbonyl (C=O) groups is 2. The van der Waals surface area contributed by atoms with E-state index in [0.717, 1.165) is 0 Å². The van der Waals surface area contributed by atoms with Gasteiger partial charge in [0.1, 0.15) is 10.8 Å². The molecule has 1 aromatic carbocycles. The Kier molecular flexibility index (Phi) is 4.33. The van der Waals surface area contributed by atoms with Crippen molar-refractivity contribution in [2.75, 3.05) is 6.61 Å². The summed E-state index contributed by atoms with van der Waals surface area (Å²) in [6, 6.07) is 1.59. The van der Waals surface area contributed by atoms with Crippen LogP contribution in [0.5, 0.6) is 5.75 Å². The quantitative estimate of drug-likeness (QED) is 0.807. The lowest BCUT2D eigenvalue weighted by Crippen LogP contribution is -2.27. The average molecular weight is 382 g/mol. The van der Waals surface area contributed by atoms with E-state index in [1.54, 1.807) is 6.07 Å². The molecule has 0 aromatic heterocycles. The third-order valence-electron chi connectivity index (χ3n) is 3.27. The highest BCUT2D eigenvalue weighted by Crippen LogP contribution is 2.46. The number of hydrogen-bond acceptors (Lipinski definition) is 3. The second kappa shape index (κ2) is 5.54. The van der Waals surface area contributed by atoms with Crippen molar-refractivity contribution in [2.45, 2.75) is 24.1 Å². The van der Waals surface area contributed by atoms with Gasteiger partial charge in [0.05, 0.1) is 9.35 Å². The number of Topliss-reactive ketones (excluding diaryl/α,β-unsaturated/α-hetero) is 1. The Morgan fingerprint density at radius 2 is 2.15 bits per heavy atom. The predicted molar refractivity (Wildman–Crippen MR) is 79.6 cm³/mol. The number of rotatable bonds is 4. The molecule has 0 heterocycles. The monoisotopic (exact) mass is 380 g/mol. The fourth-order valence-corrected chi connectivity index (χ4v) is 3.18. The van der Waals surface area contributed by atoms with E-state index in [2.05, 4.69) is 15.9 Å². The first-order chi connectivity index (χ1) is 9.30. The predicted octanol–water partition coefficient (Wildman–Crippen LogP) is 3.74. The highest BCUT2D eigenvalue weighted by Gasteiger charge is 2.44. The molecule has 7 heteroatoms. The summed E-state index contributed by atoms with van der Waals surface area (Å²) in [6.07, 6.45) is 1.08. The van der Waals surface area contributed by atoms with E-state index in [9.17, 15) is 9.59 Å². The molecular formula is C13H11BrCl2O4. The molecule has 0 aliphatic heterocycles. The van der Waals surface area contributed by atoms with Crippen LogP contribution in [0.1, 0.15) is 29.3 Å². The summed E-state index contributed by atoms with van der Waals surface area (Å²) in [5, 5.41) is 8.81. The third-order valence-corrected chi connectivity index (χ3v) is 5.32. The minimum atomic E-state index is -1.11. The smallest absolute Gasteiger partial charge is 0.341 e. The number of carboxylic acid groups (broad SMARTS) is 1. The summed E-state index contributed by atoms with van der Waals surface area (Å²) in [5.41, 5.74) is 1.10. The van der Waals surface area contributed by atoms with Crippen molar-refractivity contribution in [3.05, 3.63) is 27.2 Å². The lowest BCUT2D eigenvalue weighted by molar-refractivity contribution is -0.139. The van der Waals surface area contributed by atoms with Crippen LogP contribution in [0.3, 0.4) is 0 Å². The maximum Gasteiger partial charge on any atom is 0.341 e. The normalized spacial score (nSPS) is 20.9. The van der Waals surface area contributed by atoms with Crippen LogP contribution in [0.25, 0.3) is 0 Å². The van der Waals surface area contributed by atoms with Gasteiger partial charge >= 0.3 is 5.97 Å². The summed E-state index contributed by atoms with van der Waals surface area (Å²) in [7, 11) is 0. The fourth-order valence-electron chi connectivity index (χ4n) is 2.17. The lowest BCUT2D eigenvalue weighted by atomic mass is 10.0. The molecule has 2 rings (SSSR count). The second-order valence-electron chi connectivity index (χ2n) is 4.54. The molecule has 0 saturated heterocycles. The number of aliphatic carboxylic acids is 1. The Morgan fingerprint density at radius 1 is 1.50 bits per heavy atom. The van der Waals surface area contributed by atoms with Gasteiger partial charge < -0.3 is 9.84 Å². The Labute approximate surface area is 134 Å². The molecule has 1 N–H and O–H groups in total. The summed E-state index contributed by atoms with van der Waals surface area (Å²) in [4.78, 5) is 22.9. The highest BCUT2D eigenvalue weighted by atomic mass is 79.9. The van der Waals surface area contributed by atoms with Crippen LogP contribution in [0.4, 0.5) is 0 Å². The van der Waals surface area contributed by atoms with E-state index >= 15 is 0 Å². The average Bonchev–Trinajstić information content (AvgIpc) is 2.65. The van der Waals surface area contributed by atoms with Gasteiger partial charge in [0.25, 0.3) is 0 Å². The number of halogens is 3. The Morgan fingerprint density at radius 3 is 2.70 bits per heavy atom. The number of fused-ring (bicyclic) bond motifs is 1. The zero-order chi connectivity index (χ0) is 15.1. The van der Waals surface area contributed by atoms with Crippen LogP contribution in [-0.2, 0) is 11.2 Å². The van der Waals surface area contributed by atoms with Gasteiger partial charge in [-0.05, 0) is 24.5 Å². The zero-order valence-corrected chi connectivity index (χ0v) is 13.6. The van der Waals surface area contributed by atoms with Crippen molar-refractivity contribution in [1.29, 1.82) is 0 Å². The molecule has 20 heavy (non-hydrogen) atoms. The van der Waals surface area contributed by atoms with E-state index in [4.69, 9.17) is 33.0 Å². The molecule has 108 valence electrons. The number of carbonyl (C=O) groups excluding carboxylic acids is 1. The van der Waals surface area contributed by atoms with Crippen LogP contribution in [-0.4, -0.2) is 27.8 Å². The summed E-state index contributed by atoms with van der Waals surface area (Å²) in [6.45, 7) is 1.38. The molecule has 1 aliphatic rings. The number of ketones is 1. The minimum Gasteiger partial charge on any atom is -0.480 e. The fraction of sp³-hybridized carbons (Fsp3) is 0.385. The molecular weight excluding hydrogens is 371 g/mol. The second-order valence-corrected chi connectivity index (χ2v) is 6.82. The van der Waals surface area contributed by atoms with Crippen molar-refractivity contribution in [3.63, 3.8) is 0 Å². The number of hydrogen-bond donors (Lipinski definition) is 1. The number of carboxylic acids is 1. The summed E-state index contributed by atoms with van der Waals surface area (Å²) < 4.78 is 4.43. The molecule has 1 aromatic rings. The Hall–Kier alpha value is -0.780. The zero-order valence-electron chi connectivity index (χ0n) is 10.5. The van der Waals surface area contributed by atoms with E-state index in [1.165, 1.54) is 0 Å². The van der Waals surface area contributed by atoms with Crippen LogP contribution in [0.15, 0.2) is 6.07 Å². The minimum absolute atomic E-state index is 0.0628. The molecule has 0 saturated carbocycles. The van der Waals surface area contributed by atoms with Crippen molar-refractivity contribution >= 4 is 50.9 Å². The number of alkyl halides is 1. The molecule has 0 spiro atoms. The molecule has 0 bridgehead atoms. The van der Waals surface area contributed by atoms with Crippen molar-refractivity contribution in [1.82, 2.24) is 0 Å². The molecule has 1 aliphatic carbocycles. The van der Waals surface area contributed by atoms with Gasteiger partial charge in [-0.3, -0.25) is 4.79 Å². The summed E-state index contributed by atoms with van der Waals surface area (Å²) >= 11 is 15.6. The standard InChI is InChI=1S/C13H11BrCl2O4/c1-2-13(14)4-6-3-7(20-5-8(17)18)10(15)11(16)9(6)12(13)19/h3H,2,4-5H2,1H3,(H,17,18). The van der Waals surface area contributed by atoms with Crippen molar-refractivity contribution in [3.8, 4) is 5.75 Å². The molecule has 1 atom stereocenters. The van der Waals surface area contributed by atoms with Crippen LogP contribution < -0.4 is 4.74 Å². The topological polar surface area (TPSA) is 63.6 Å². The molecule has 1 unspecified atom stereocenters. The molecule has 0 radical (unpaired) electrons. The van der Waals surface area contributed by atoms with Gasteiger partial charge in [-0.15, -0.1) is 0 Å². The van der Waals surface area contributed by atoms with E-state index in [1.807, 2.05) is 6.92 Å². The van der Waals surface area contributed by atoms with Gasteiger partial charge in [-0.2, -0.15) is 0 Å². The van der Waals surface area contributed by atoms with Gasteiger partial charge in [-0.1, -0.05) is 46.1 Å². The van der Waals surface area contributed by atoms with Gasteiger partial charge in [0, 0.05) is 5.56 Å². The maximum absolute atomic E-state index is 12.4. The molecule has 4 nitrogen and oxygen atoms in total. The largest absolute Gasteiger partial charge is 0.480 e. The lowest BCUT2D eigenvalue weighted by Gasteiger charge is -2.16. The molecule has 0 amide bonds.